The predicted octanol–water partition coefficient (Wildman–Crippen LogP) is 5.15. The number of rotatable bonds is 3. The third-order valence-corrected chi connectivity index (χ3v) is 6.26. The lowest BCUT2D eigenvalue weighted by molar-refractivity contribution is 0.513. The molecule has 147 valence electrons. The zero-order valence-electron chi connectivity index (χ0n) is 16.0. The Balaban J connectivity index is 1.64. The Morgan fingerprint density at radius 3 is 2.79 bits per heavy atom. The largest absolute Gasteiger partial charge is 0.359 e. The number of hydrogen-bond acceptors (Lipinski definition) is 4. The minimum absolute atomic E-state index is 0.0711. The lowest BCUT2D eigenvalue weighted by Gasteiger charge is -2.29. The number of imidazole rings is 1. The van der Waals surface area contributed by atoms with Gasteiger partial charge in [0.25, 0.3) is 0 Å². The summed E-state index contributed by atoms with van der Waals surface area (Å²) in [4.78, 5) is 12.3. The first-order valence-corrected chi connectivity index (χ1v) is 10.3. The van der Waals surface area contributed by atoms with E-state index in [-0.39, 0.29) is 6.04 Å². The first-order valence-electron chi connectivity index (χ1n) is 9.52. The fourth-order valence-electron chi connectivity index (χ4n) is 4.14. The Morgan fingerprint density at radius 1 is 1.21 bits per heavy atom. The van der Waals surface area contributed by atoms with Gasteiger partial charge in [-0.2, -0.15) is 10.2 Å². The van der Waals surface area contributed by atoms with Crippen molar-refractivity contribution in [2.75, 3.05) is 11.4 Å². The maximum Gasteiger partial charge on any atom is 0.130 e. The van der Waals surface area contributed by atoms with Crippen LogP contribution in [-0.4, -0.2) is 31.5 Å². The SMILES string of the molecule is Cc1c(Cl)ccc2[nH]c([C@@H]3[C@@H](C)CCN3c3cc(Cl)c[c]c3-n3nccn3)nc12. The average Bonchev–Trinajstić information content (AvgIpc) is 3.44. The van der Waals surface area contributed by atoms with Gasteiger partial charge < -0.3 is 9.88 Å². The molecule has 1 aliphatic heterocycles. The van der Waals surface area contributed by atoms with E-state index in [4.69, 9.17) is 28.2 Å². The number of benzene rings is 2. The van der Waals surface area contributed by atoms with Crippen molar-refractivity contribution < 1.29 is 0 Å². The van der Waals surface area contributed by atoms with Gasteiger partial charge in [0.15, 0.2) is 0 Å². The van der Waals surface area contributed by atoms with Crippen LogP contribution in [0.3, 0.4) is 0 Å². The second-order valence-electron chi connectivity index (χ2n) is 7.47. The second-order valence-corrected chi connectivity index (χ2v) is 8.31. The second kappa shape index (κ2) is 7.04. The number of aryl methyl sites for hydroxylation is 1. The van der Waals surface area contributed by atoms with Gasteiger partial charge in [0.05, 0.1) is 35.2 Å². The number of aromatic nitrogens is 5. The van der Waals surface area contributed by atoms with Gasteiger partial charge in [-0.3, -0.25) is 0 Å². The van der Waals surface area contributed by atoms with Crippen LogP contribution in [0.4, 0.5) is 5.69 Å². The zero-order valence-corrected chi connectivity index (χ0v) is 17.5. The monoisotopic (exact) mass is 425 g/mol. The fraction of sp³-hybridized carbons (Fsp3) is 0.286. The van der Waals surface area contributed by atoms with Crippen LogP contribution in [0.1, 0.15) is 30.8 Å². The molecule has 29 heavy (non-hydrogen) atoms. The number of halogens is 2. The van der Waals surface area contributed by atoms with Crippen molar-refractivity contribution >= 4 is 39.9 Å². The van der Waals surface area contributed by atoms with Gasteiger partial charge in [0, 0.05) is 22.7 Å². The molecule has 2 atom stereocenters. The number of fused-ring (bicyclic) bond motifs is 1. The number of aromatic amines is 1. The summed E-state index contributed by atoms with van der Waals surface area (Å²) in [6, 6.07) is 10.9. The smallest absolute Gasteiger partial charge is 0.130 e. The summed E-state index contributed by atoms with van der Waals surface area (Å²) >= 11 is 12.6. The summed E-state index contributed by atoms with van der Waals surface area (Å²) in [5.41, 5.74) is 4.61. The Bertz CT molecular complexity index is 1180. The minimum atomic E-state index is 0.0711. The van der Waals surface area contributed by atoms with Gasteiger partial charge in [-0.05, 0) is 49.1 Å². The molecule has 4 aromatic rings. The van der Waals surface area contributed by atoms with Gasteiger partial charge >= 0.3 is 0 Å². The van der Waals surface area contributed by atoms with E-state index in [1.807, 2.05) is 25.1 Å². The van der Waals surface area contributed by atoms with Crippen molar-refractivity contribution in [2.45, 2.75) is 26.3 Å². The number of H-pyrrole nitrogens is 1. The molecule has 1 saturated heterocycles. The quantitative estimate of drug-likeness (QED) is 0.493. The number of nitrogens with zero attached hydrogens (tertiary/aromatic N) is 5. The fourth-order valence-corrected chi connectivity index (χ4v) is 4.45. The molecule has 3 heterocycles. The Kier molecular flexibility index (Phi) is 4.48. The Labute approximate surface area is 178 Å². The molecular formula is C21H19Cl2N6. The highest BCUT2D eigenvalue weighted by Gasteiger charge is 2.36. The van der Waals surface area contributed by atoms with Crippen LogP contribution in [0.5, 0.6) is 0 Å². The van der Waals surface area contributed by atoms with E-state index in [2.05, 4.69) is 33.1 Å². The van der Waals surface area contributed by atoms with E-state index in [1.54, 1.807) is 23.3 Å². The summed E-state index contributed by atoms with van der Waals surface area (Å²) in [6.45, 7) is 5.13. The third-order valence-electron chi connectivity index (χ3n) is 5.63. The van der Waals surface area contributed by atoms with Crippen LogP contribution >= 0.6 is 23.2 Å². The molecule has 5 rings (SSSR count). The lowest BCUT2D eigenvalue weighted by Crippen LogP contribution is -2.27. The molecule has 1 radical (unpaired) electrons. The molecule has 0 saturated carbocycles. The van der Waals surface area contributed by atoms with Crippen molar-refractivity contribution in [3.63, 3.8) is 0 Å². The molecule has 0 spiro atoms. The molecule has 1 aliphatic rings. The van der Waals surface area contributed by atoms with E-state index in [1.165, 1.54) is 0 Å². The lowest BCUT2D eigenvalue weighted by atomic mass is 10.0. The first-order chi connectivity index (χ1) is 14.0. The highest BCUT2D eigenvalue weighted by Crippen LogP contribution is 2.42. The van der Waals surface area contributed by atoms with E-state index in [0.717, 1.165) is 51.8 Å². The maximum atomic E-state index is 6.34. The number of nitrogens with one attached hydrogen (secondary N) is 1. The van der Waals surface area contributed by atoms with Crippen LogP contribution in [-0.2, 0) is 0 Å². The summed E-state index contributed by atoms with van der Waals surface area (Å²) in [5.74, 6) is 1.33. The van der Waals surface area contributed by atoms with Crippen LogP contribution in [0.25, 0.3) is 16.7 Å². The van der Waals surface area contributed by atoms with Crippen molar-refractivity contribution in [3.05, 3.63) is 64.2 Å². The van der Waals surface area contributed by atoms with Crippen molar-refractivity contribution in [2.24, 2.45) is 5.92 Å². The summed E-state index contributed by atoms with van der Waals surface area (Å²) in [7, 11) is 0. The predicted molar refractivity (Wildman–Crippen MR) is 115 cm³/mol. The average molecular weight is 426 g/mol. The molecule has 0 aliphatic carbocycles. The van der Waals surface area contributed by atoms with Crippen LogP contribution in [0.2, 0.25) is 10.0 Å². The molecule has 0 bridgehead atoms. The van der Waals surface area contributed by atoms with E-state index in [0.29, 0.717) is 10.9 Å². The van der Waals surface area contributed by atoms with Crippen molar-refractivity contribution in [1.29, 1.82) is 0 Å². The maximum absolute atomic E-state index is 6.34. The Hall–Kier alpha value is -2.57. The molecule has 2 aromatic carbocycles. The third kappa shape index (κ3) is 3.07. The van der Waals surface area contributed by atoms with Gasteiger partial charge in [-0.25, -0.2) is 4.98 Å². The Morgan fingerprint density at radius 2 is 2.00 bits per heavy atom. The molecule has 2 aromatic heterocycles. The van der Waals surface area contributed by atoms with Gasteiger partial charge in [0.1, 0.15) is 11.5 Å². The van der Waals surface area contributed by atoms with Gasteiger partial charge in [0.2, 0.25) is 0 Å². The van der Waals surface area contributed by atoms with Crippen LogP contribution in [0.15, 0.2) is 36.7 Å². The van der Waals surface area contributed by atoms with Crippen LogP contribution in [0, 0.1) is 18.9 Å². The molecule has 1 fully saturated rings. The topological polar surface area (TPSA) is 62.6 Å². The number of hydrogen-bond donors (Lipinski definition) is 1. The summed E-state index contributed by atoms with van der Waals surface area (Å²) < 4.78 is 0. The van der Waals surface area contributed by atoms with Crippen molar-refractivity contribution in [1.82, 2.24) is 25.0 Å². The normalized spacial score (nSPS) is 19.4. The highest BCUT2D eigenvalue weighted by atomic mass is 35.5. The minimum Gasteiger partial charge on any atom is -0.359 e. The van der Waals surface area contributed by atoms with Gasteiger partial charge in [-0.15, -0.1) is 4.80 Å². The van der Waals surface area contributed by atoms with Crippen molar-refractivity contribution in [3.8, 4) is 5.69 Å². The molecule has 8 heteroatoms. The van der Waals surface area contributed by atoms with E-state index < -0.39 is 0 Å². The van der Waals surface area contributed by atoms with Gasteiger partial charge in [-0.1, -0.05) is 30.1 Å². The molecule has 0 amide bonds. The molecule has 1 N–H and O–H groups in total. The number of anilines is 1. The summed E-state index contributed by atoms with van der Waals surface area (Å²) in [6.07, 6.45) is 4.35. The standard InChI is InChI=1S/C21H19Cl2N6/c1-12-7-10-28(18-11-14(22)3-6-17(18)29-24-8-9-25-29)20(12)21-26-16-5-4-15(23)13(2)19(16)27-21/h3-5,8-9,11-12,20H,7,10H2,1-2H3,(H,26,27)/t12-,20-/m0/s1. The molecule has 6 nitrogen and oxygen atoms in total. The highest BCUT2D eigenvalue weighted by molar-refractivity contribution is 6.32. The molecular weight excluding hydrogens is 407 g/mol. The summed E-state index contributed by atoms with van der Waals surface area (Å²) in [5, 5.41) is 9.93. The first kappa shape index (κ1) is 18.5. The zero-order chi connectivity index (χ0) is 20.1. The molecule has 0 unspecified atom stereocenters. The van der Waals surface area contributed by atoms with E-state index in [9.17, 15) is 0 Å². The van der Waals surface area contributed by atoms with E-state index >= 15 is 0 Å². The van der Waals surface area contributed by atoms with Crippen LogP contribution < -0.4 is 4.90 Å².